The summed E-state index contributed by atoms with van der Waals surface area (Å²) in [5.41, 5.74) is 4.07. The van der Waals surface area contributed by atoms with Crippen molar-refractivity contribution in [3.63, 3.8) is 0 Å². The number of sulfonamides is 1. The van der Waals surface area contributed by atoms with Crippen LogP contribution in [0.5, 0.6) is 0 Å². The smallest absolute Gasteiger partial charge is 0.261 e. The predicted molar refractivity (Wildman–Crippen MR) is 99.4 cm³/mol. The summed E-state index contributed by atoms with van der Waals surface area (Å²) in [4.78, 5) is 12.3. The number of aryl methyl sites for hydroxylation is 2. The fourth-order valence-electron chi connectivity index (χ4n) is 3.11. The number of carbonyl (C=O) groups is 1. The predicted octanol–water partition coefficient (Wildman–Crippen LogP) is 3.80. The Morgan fingerprint density at radius 2 is 1.76 bits per heavy atom. The molecule has 3 rings (SSSR count). The van der Waals surface area contributed by atoms with Crippen LogP contribution in [0.1, 0.15) is 36.5 Å². The number of hydrogen-bond donors (Lipinski definition) is 2. The normalized spacial score (nSPS) is 16.7. The third-order valence-electron chi connectivity index (χ3n) is 4.63. The van der Waals surface area contributed by atoms with Crippen molar-refractivity contribution in [1.82, 2.24) is 0 Å². The monoisotopic (exact) mass is 358 g/mol. The number of nitrogens with one attached hydrogen (secondary N) is 2. The van der Waals surface area contributed by atoms with Gasteiger partial charge in [-0.3, -0.25) is 9.52 Å². The van der Waals surface area contributed by atoms with E-state index in [1.807, 2.05) is 39.8 Å². The molecule has 2 aromatic carbocycles. The van der Waals surface area contributed by atoms with Gasteiger partial charge in [0, 0.05) is 11.4 Å². The van der Waals surface area contributed by atoms with Gasteiger partial charge in [0.2, 0.25) is 5.91 Å². The fourth-order valence-corrected chi connectivity index (χ4v) is 4.20. The van der Waals surface area contributed by atoms with Crippen LogP contribution in [0.25, 0.3) is 0 Å². The van der Waals surface area contributed by atoms with E-state index in [4.69, 9.17) is 0 Å². The van der Waals surface area contributed by atoms with Crippen LogP contribution >= 0.6 is 0 Å². The first kappa shape index (κ1) is 17.5. The Morgan fingerprint density at radius 3 is 2.40 bits per heavy atom. The van der Waals surface area contributed by atoms with Gasteiger partial charge in [0.1, 0.15) is 0 Å². The van der Waals surface area contributed by atoms with Gasteiger partial charge in [-0.1, -0.05) is 19.9 Å². The van der Waals surface area contributed by atoms with Gasteiger partial charge in [0.05, 0.1) is 10.8 Å². The molecule has 5 nitrogen and oxygen atoms in total. The van der Waals surface area contributed by atoms with E-state index >= 15 is 0 Å². The Hall–Kier alpha value is -2.34. The minimum Gasteiger partial charge on any atom is -0.325 e. The number of fused-ring (bicyclic) bond motifs is 1. The number of benzene rings is 2. The zero-order chi connectivity index (χ0) is 18.4. The molecule has 132 valence electrons. The van der Waals surface area contributed by atoms with Gasteiger partial charge in [-0.25, -0.2) is 8.42 Å². The van der Waals surface area contributed by atoms with Crippen LogP contribution in [0.15, 0.2) is 41.3 Å². The molecule has 0 aliphatic carbocycles. The van der Waals surface area contributed by atoms with Gasteiger partial charge in [-0.15, -0.1) is 0 Å². The zero-order valence-electron chi connectivity index (χ0n) is 14.8. The van der Waals surface area contributed by atoms with Crippen LogP contribution in [-0.4, -0.2) is 14.3 Å². The highest BCUT2D eigenvalue weighted by Gasteiger charge is 2.34. The van der Waals surface area contributed by atoms with Crippen molar-refractivity contribution in [3.8, 4) is 0 Å². The van der Waals surface area contributed by atoms with Gasteiger partial charge < -0.3 is 5.32 Å². The lowest BCUT2D eigenvalue weighted by atomic mass is 9.90. The molecule has 0 saturated carbocycles. The number of rotatable bonds is 4. The lowest BCUT2D eigenvalue weighted by Crippen LogP contribution is -2.17. The molecule has 1 amide bonds. The topological polar surface area (TPSA) is 75.3 Å². The van der Waals surface area contributed by atoms with E-state index in [1.165, 1.54) is 6.07 Å². The number of amides is 1. The summed E-state index contributed by atoms with van der Waals surface area (Å²) in [7, 11) is -3.72. The number of hydrogen-bond acceptors (Lipinski definition) is 3. The van der Waals surface area contributed by atoms with Crippen molar-refractivity contribution >= 4 is 27.3 Å². The van der Waals surface area contributed by atoms with Crippen molar-refractivity contribution < 1.29 is 13.2 Å². The molecule has 0 spiro atoms. The quantitative estimate of drug-likeness (QED) is 0.873. The Balaban J connectivity index is 1.96. The lowest BCUT2D eigenvalue weighted by molar-refractivity contribution is -0.117. The highest BCUT2D eigenvalue weighted by atomic mass is 32.2. The van der Waals surface area contributed by atoms with E-state index in [1.54, 1.807) is 18.2 Å². The average molecular weight is 358 g/mol. The summed E-state index contributed by atoms with van der Waals surface area (Å²) in [5.74, 6) is -0.319. The maximum absolute atomic E-state index is 12.7. The van der Waals surface area contributed by atoms with Crippen LogP contribution in [0.3, 0.4) is 0 Å². The van der Waals surface area contributed by atoms with Crippen LogP contribution in [0.2, 0.25) is 0 Å². The first-order valence-corrected chi connectivity index (χ1v) is 9.72. The summed E-state index contributed by atoms with van der Waals surface area (Å²) in [6.45, 7) is 7.82. The average Bonchev–Trinajstić information content (AvgIpc) is 2.85. The maximum atomic E-state index is 12.7. The van der Waals surface area contributed by atoms with E-state index in [0.717, 1.165) is 16.7 Å². The second-order valence-corrected chi connectivity index (χ2v) is 8.55. The zero-order valence-corrected chi connectivity index (χ0v) is 15.6. The molecule has 1 unspecified atom stereocenters. The van der Waals surface area contributed by atoms with Crippen LogP contribution < -0.4 is 10.0 Å². The molecular weight excluding hydrogens is 336 g/mol. The van der Waals surface area contributed by atoms with Gasteiger partial charge in [0.15, 0.2) is 0 Å². The highest BCUT2D eigenvalue weighted by molar-refractivity contribution is 7.92. The fraction of sp³-hybridized carbons (Fsp3) is 0.316. The molecule has 0 bridgehead atoms. The Morgan fingerprint density at radius 1 is 1.04 bits per heavy atom. The molecule has 0 radical (unpaired) electrons. The van der Waals surface area contributed by atoms with Crippen molar-refractivity contribution in [2.24, 2.45) is 5.92 Å². The second-order valence-electron chi connectivity index (χ2n) is 6.86. The van der Waals surface area contributed by atoms with E-state index in [9.17, 15) is 13.2 Å². The number of anilines is 2. The Bertz CT molecular complexity index is 949. The van der Waals surface area contributed by atoms with Crippen molar-refractivity contribution in [3.05, 3.63) is 53.1 Å². The molecule has 6 heteroatoms. The lowest BCUT2D eigenvalue weighted by Gasteiger charge is -2.14. The minimum atomic E-state index is -3.72. The Kier molecular flexibility index (Phi) is 4.33. The highest BCUT2D eigenvalue weighted by Crippen LogP contribution is 2.38. The minimum absolute atomic E-state index is 0.0818. The van der Waals surface area contributed by atoms with Crippen LogP contribution in [-0.2, 0) is 14.8 Å². The SMILES string of the molecule is Cc1ccc(NS(=O)(=O)c2ccc3c(c2)C(C(C)C)C(=O)N3)cc1C. The molecular formula is C19H22N2O3S. The number of carbonyl (C=O) groups excluding carboxylic acids is 1. The van der Waals surface area contributed by atoms with Gasteiger partial charge >= 0.3 is 0 Å². The first-order chi connectivity index (χ1) is 11.7. The first-order valence-electron chi connectivity index (χ1n) is 8.24. The second kappa shape index (κ2) is 6.19. The molecule has 25 heavy (non-hydrogen) atoms. The molecule has 0 aromatic heterocycles. The van der Waals surface area contributed by atoms with Gasteiger partial charge in [-0.2, -0.15) is 0 Å². The van der Waals surface area contributed by atoms with E-state index in [0.29, 0.717) is 11.4 Å². The standard InChI is InChI=1S/C19H22N2O3S/c1-11(2)18-16-10-15(7-8-17(16)20-19(18)22)25(23,24)21-14-6-5-12(3)13(4)9-14/h5-11,18,21H,1-4H3,(H,20,22). The van der Waals surface area contributed by atoms with Crippen molar-refractivity contribution in [1.29, 1.82) is 0 Å². The molecule has 1 atom stereocenters. The Labute approximate surface area is 148 Å². The van der Waals surface area contributed by atoms with E-state index in [2.05, 4.69) is 10.0 Å². The van der Waals surface area contributed by atoms with Crippen LogP contribution in [0, 0.1) is 19.8 Å². The van der Waals surface area contributed by atoms with Crippen molar-refractivity contribution in [2.75, 3.05) is 10.0 Å². The summed E-state index contributed by atoms with van der Waals surface area (Å²) in [5, 5.41) is 2.82. The van der Waals surface area contributed by atoms with E-state index < -0.39 is 10.0 Å². The third-order valence-corrected chi connectivity index (χ3v) is 6.01. The molecule has 1 aliphatic rings. The van der Waals surface area contributed by atoms with Crippen LogP contribution in [0.4, 0.5) is 11.4 Å². The summed E-state index contributed by atoms with van der Waals surface area (Å²) >= 11 is 0. The summed E-state index contributed by atoms with van der Waals surface area (Å²) in [6, 6.07) is 10.2. The molecule has 1 heterocycles. The van der Waals surface area contributed by atoms with Crippen molar-refractivity contribution in [2.45, 2.75) is 38.5 Å². The molecule has 2 N–H and O–H groups in total. The maximum Gasteiger partial charge on any atom is 0.261 e. The third kappa shape index (κ3) is 3.26. The largest absolute Gasteiger partial charge is 0.325 e. The summed E-state index contributed by atoms with van der Waals surface area (Å²) in [6.07, 6.45) is 0. The summed E-state index contributed by atoms with van der Waals surface area (Å²) < 4.78 is 28.1. The molecule has 0 fully saturated rings. The molecule has 2 aromatic rings. The molecule has 0 saturated heterocycles. The van der Waals surface area contributed by atoms with E-state index in [-0.39, 0.29) is 22.6 Å². The molecule has 1 aliphatic heterocycles. The van der Waals surface area contributed by atoms with Gasteiger partial charge in [0.25, 0.3) is 10.0 Å². The van der Waals surface area contributed by atoms with Gasteiger partial charge in [-0.05, 0) is 66.8 Å².